The Morgan fingerprint density at radius 2 is 2.26 bits per heavy atom. The number of nitrogens with one attached hydrogen (secondary N) is 1. The predicted octanol–water partition coefficient (Wildman–Crippen LogP) is 1.72. The minimum absolute atomic E-state index is 0.479. The summed E-state index contributed by atoms with van der Waals surface area (Å²) in [6, 6.07) is 5.40. The maximum atomic E-state index is 4.57. The normalized spacial score (nSPS) is 20.8. The highest BCUT2D eigenvalue weighted by atomic mass is 15.2. The van der Waals surface area contributed by atoms with Crippen LogP contribution in [-0.2, 0) is 6.54 Å². The summed E-state index contributed by atoms with van der Waals surface area (Å²) in [7, 11) is 2.09. The molecule has 0 aromatic carbocycles. The van der Waals surface area contributed by atoms with E-state index in [0.717, 1.165) is 32.0 Å². The number of pyridine rings is 1. The first kappa shape index (κ1) is 14.3. The van der Waals surface area contributed by atoms with Crippen LogP contribution in [0.4, 0.5) is 5.82 Å². The summed E-state index contributed by atoms with van der Waals surface area (Å²) in [5.41, 5.74) is 1.30. The van der Waals surface area contributed by atoms with E-state index in [1.165, 1.54) is 5.56 Å². The van der Waals surface area contributed by atoms with Crippen molar-refractivity contribution < 1.29 is 0 Å². The molecule has 2 heterocycles. The molecule has 0 saturated carbocycles. The average Bonchev–Trinajstić information content (AvgIpc) is 2.39. The fraction of sp³-hybridized carbons (Fsp3) is 0.667. The second-order valence-corrected chi connectivity index (χ2v) is 5.82. The molecule has 2 rings (SSSR count). The van der Waals surface area contributed by atoms with Gasteiger partial charge < -0.3 is 10.2 Å². The smallest absolute Gasteiger partial charge is 0.128 e. The zero-order valence-electron chi connectivity index (χ0n) is 12.6. The van der Waals surface area contributed by atoms with Crippen LogP contribution in [0.25, 0.3) is 0 Å². The molecule has 0 radical (unpaired) electrons. The van der Waals surface area contributed by atoms with Crippen LogP contribution in [0, 0.1) is 0 Å². The van der Waals surface area contributed by atoms with Crippen molar-refractivity contribution in [3.63, 3.8) is 0 Å². The van der Waals surface area contributed by atoms with Gasteiger partial charge in [-0.05, 0) is 32.4 Å². The number of hydrogen-bond acceptors (Lipinski definition) is 4. The van der Waals surface area contributed by atoms with E-state index in [9.17, 15) is 0 Å². The number of rotatable bonds is 4. The number of anilines is 1. The fourth-order valence-corrected chi connectivity index (χ4v) is 2.40. The van der Waals surface area contributed by atoms with Crippen molar-refractivity contribution in [1.82, 2.24) is 15.2 Å². The van der Waals surface area contributed by atoms with Gasteiger partial charge in [0.2, 0.25) is 0 Å². The van der Waals surface area contributed by atoms with Gasteiger partial charge in [-0.15, -0.1) is 0 Å². The predicted molar refractivity (Wildman–Crippen MR) is 80.5 cm³/mol. The van der Waals surface area contributed by atoms with Crippen LogP contribution in [0.15, 0.2) is 18.3 Å². The number of piperazine rings is 1. The Hall–Kier alpha value is -1.13. The number of aromatic nitrogens is 1. The van der Waals surface area contributed by atoms with Gasteiger partial charge in [0, 0.05) is 51.5 Å². The summed E-state index contributed by atoms with van der Waals surface area (Å²) < 4.78 is 0. The third-order valence-corrected chi connectivity index (χ3v) is 3.80. The fourth-order valence-electron chi connectivity index (χ4n) is 2.40. The molecule has 1 aliphatic rings. The molecule has 1 atom stereocenters. The zero-order valence-corrected chi connectivity index (χ0v) is 12.6. The monoisotopic (exact) mass is 262 g/mol. The largest absolute Gasteiger partial charge is 0.357 e. The third-order valence-electron chi connectivity index (χ3n) is 3.80. The SMILES string of the molecule is CC(C)N(C)c1ccc(CN2CCN[C@@H](C)C2)cn1. The summed E-state index contributed by atoms with van der Waals surface area (Å²) in [5, 5.41) is 3.47. The van der Waals surface area contributed by atoms with Gasteiger partial charge in [0.1, 0.15) is 5.82 Å². The van der Waals surface area contributed by atoms with Crippen molar-refractivity contribution in [2.45, 2.75) is 39.4 Å². The highest BCUT2D eigenvalue weighted by Gasteiger charge is 2.15. The Bertz CT molecular complexity index is 388. The Labute approximate surface area is 116 Å². The second kappa shape index (κ2) is 6.35. The molecule has 1 aliphatic heterocycles. The first-order chi connectivity index (χ1) is 9.06. The quantitative estimate of drug-likeness (QED) is 0.895. The molecule has 1 aromatic rings. The number of nitrogens with zero attached hydrogens (tertiary/aromatic N) is 3. The highest BCUT2D eigenvalue weighted by molar-refractivity contribution is 5.39. The first-order valence-electron chi connectivity index (χ1n) is 7.19. The van der Waals surface area contributed by atoms with Crippen LogP contribution in [0.5, 0.6) is 0 Å². The minimum Gasteiger partial charge on any atom is -0.357 e. The molecule has 1 N–H and O–H groups in total. The molecule has 4 nitrogen and oxygen atoms in total. The van der Waals surface area contributed by atoms with E-state index in [-0.39, 0.29) is 0 Å². The standard InChI is InChI=1S/C15H26N4/c1-12(2)18(4)15-6-5-14(9-17-15)11-19-8-7-16-13(3)10-19/h5-6,9,12-13,16H,7-8,10-11H2,1-4H3/t13-/m0/s1. The van der Waals surface area contributed by atoms with Gasteiger partial charge in [-0.25, -0.2) is 4.98 Å². The molecular weight excluding hydrogens is 236 g/mol. The highest BCUT2D eigenvalue weighted by Crippen LogP contribution is 2.14. The summed E-state index contributed by atoms with van der Waals surface area (Å²) >= 11 is 0. The van der Waals surface area contributed by atoms with Crippen LogP contribution in [-0.4, -0.2) is 48.6 Å². The maximum Gasteiger partial charge on any atom is 0.128 e. The minimum atomic E-state index is 0.479. The summed E-state index contributed by atoms with van der Waals surface area (Å²) in [6.45, 7) is 10.9. The Kier molecular flexibility index (Phi) is 4.77. The third kappa shape index (κ3) is 3.91. The van der Waals surface area contributed by atoms with Crippen LogP contribution in [0.2, 0.25) is 0 Å². The van der Waals surface area contributed by atoms with Crippen molar-refractivity contribution in [1.29, 1.82) is 0 Å². The number of hydrogen-bond donors (Lipinski definition) is 1. The van der Waals surface area contributed by atoms with Gasteiger partial charge in [0.05, 0.1) is 0 Å². The van der Waals surface area contributed by atoms with E-state index in [1.807, 2.05) is 6.20 Å². The van der Waals surface area contributed by atoms with E-state index in [1.54, 1.807) is 0 Å². The van der Waals surface area contributed by atoms with E-state index < -0.39 is 0 Å². The van der Waals surface area contributed by atoms with Gasteiger partial charge in [-0.2, -0.15) is 0 Å². The van der Waals surface area contributed by atoms with Crippen molar-refractivity contribution in [3.8, 4) is 0 Å². The Balaban J connectivity index is 1.95. The van der Waals surface area contributed by atoms with Gasteiger partial charge in [-0.3, -0.25) is 4.90 Å². The van der Waals surface area contributed by atoms with Crippen LogP contribution < -0.4 is 10.2 Å². The molecule has 19 heavy (non-hydrogen) atoms. The van der Waals surface area contributed by atoms with Crippen LogP contribution in [0.3, 0.4) is 0 Å². The lowest BCUT2D eigenvalue weighted by Gasteiger charge is -2.31. The molecule has 4 heteroatoms. The van der Waals surface area contributed by atoms with Crippen molar-refractivity contribution >= 4 is 5.82 Å². The van der Waals surface area contributed by atoms with Crippen LogP contribution >= 0.6 is 0 Å². The van der Waals surface area contributed by atoms with E-state index >= 15 is 0 Å². The topological polar surface area (TPSA) is 31.4 Å². The van der Waals surface area contributed by atoms with Crippen molar-refractivity contribution in [2.75, 3.05) is 31.6 Å². The Morgan fingerprint density at radius 1 is 1.47 bits per heavy atom. The molecule has 0 aliphatic carbocycles. The van der Waals surface area contributed by atoms with Gasteiger partial charge >= 0.3 is 0 Å². The van der Waals surface area contributed by atoms with Crippen LogP contribution in [0.1, 0.15) is 26.3 Å². The molecule has 1 fully saturated rings. The lowest BCUT2D eigenvalue weighted by molar-refractivity contribution is 0.199. The van der Waals surface area contributed by atoms with E-state index in [0.29, 0.717) is 12.1 Å². The second-order valence-electron chi connectivity index (χ2n) is 5.82. The van der Waals surface area contributed by atoms with E-state index in [4.69, 9.17) is 0 Å². The molecule has 0 amide bonds. The average molecular weight is 262 g/mol. The van der Waals surface area contributed by atoms with Crippen molar-refractivity contribution in [2.24, 2.45) is 0 Å². The van der Waals surface area contributed by atoms with E-state index in [2.05, 4.69) is 60.1 Å². The van der Waals surface area contributed by atoms with Gasteiger partial charge in [0.25, 0.3) is 0 Å². The lowest BCUT2D eigenvalue weighted by Crippen LogP contribution is -2.48. The molecule has 0 unspecified atom stereocenters. The Morgan fingerprint density at radius 3 is 2.84 bits per heavy atom. The maximum absolute atomic E-state index is 4.57. The molecule has 0 bridgehead atoms. The summed E-state index contributed by atoms with van der Waals surface area (Å²) in [5.74, 6) is 1.05. The molecule has 1 saturated heterocycles. The van der Waals surface area contributed by atoms with Gasteiger partial charge in [-0.1, -0.05) is 6.07 Å². The molecule has 1 aromatic heterocycles. The molecular formula is C15H26N4. The summed E-state index contributed by atoms with van der Waals surface area (Å²) in [4.78, 5) is 9.25. The first-order valence-corrected chi connectivity index (χ1v) is 7.19. The van der Waals surface area contributed by atoms with Gasteiger partial charge in [0.15, 0.2) is 0 Å². The molecule has 0 spiro atoms. The molecule has 106 valence electrons. The van der Waals surface area contributed by atoms with Crippen molar-refractivity contribution in [3.05, 3.63) is 23.9 Å². The summed E-state index contributed by atoms with van der Waals surface area (Å²) in [6.07, 6.45) is 2.01. The lowest BCUT2D eigenvalue weighted by atomic mass is 10.2. The zero-order chi connectivity index (χ0) is 13.8.